The van der Waals surface area contributed by atoms with Crippen LogP contribution in [0.15, 0.2) is 0 Å². The molecule has 86 valence electrons. The van der Waals surface area contributed by atoms with Gasteiger partial charge in [-0.3, -0.25) is 0 Å². The van der Waals surface area contributed by atoms with E-state index in [1.165, 1.54) is 32.5 Å². The predicted octanol–water partition coefficient (Wildman–Crippen LogP) is 2.48. The Morgan fingerprint density at radius 3 is 2.29 bits per heavy atom. The second-order valence-electron chi connectivity index (χ2n) is 4.53. The molecule has 2 nitrogen and oxygen atoms in total. The first-order valence-electron chi connectivity index (χ1n) is 6.08. The lowest BCUT2D eigenvalue weighted by Gasteiger charge is -2.23. The van der Waals surface area contributed by atoms with Crippen molar-refractivity contribution in [3.8, 4) is 0 Å². The lowest BCUT2D eigenvalue weighted by Crippen LogP contribution is -2.30. The van der Waals surface area contributed by atoms with E-state index in [0.717, 1.165) is 12.3 Å². The fraction of sp³-hybridized carbons (Fsp3) is 1.00. The Morgan fingerprint density at radius 2 is 1.86 bits per heavy atom. The summed E-state index contributed by atoms with van der Waals surface area (Å²) in [7, 11) is 0. The van der Waals surface area contributed by atoms with E-state index in [9.17, 15) is 0 Å². The molecule has 2 unspecified atom stereocenters. The third-order valence-electron chi connectivity index (χ3n) is 2.85. The standard InChI is InChI=1S/C12H28N2/c1-5-11(3)10-14(6-2)9-7-8-12(4)13/h11-12H,5-10,13H2,1-4H3. The summed E-state index contributed by atoms with van der Waals surface area (Å²) in [4.78, 5) is 2.54. The molecule has 0 radical (unpaired) electrons. The van der Waals surface area contributed by atoms with E-state index in [1.54, 1.807) is 0 Å². The van der Waals surface area contributed by atoms with Crippen molar-refractivity contribution in [1.82, 2.24) is 4.90 Å². The zero-order valence-corrected chi connectivity index (χ0v) is 10.4. The Balaban J connectivity index is 3.57. The van der Waals surface area contributed by atoms with Crippen molar-refractivity contribution in [3.05, 3.63) is 0 Å². The van der Waals surface area contributed by atoms with E-state index in [0.29, 0.717) is 6.04 Å². The molecule has 0 amide bonds. The van der Waals surface area contributed by atoms with Crippen LogP contribution in [0.4, 0.5) is 0 Å². The van der Waals surface area contributed by atoms with Gasteiger partial charge >= 0.3 is 0 Å². The Kier molecular flexibility index (Phi) is 8.20. The van der Waals surface area contributed by atoms with Gasteiger partial charge in [0.1, 0.15) is 0 Å². The SMILES string of the molecule is CCC(C)CN(CC)CCCC(C)N. The van der Waals surface area contributed by atoms with E-state index in [-0.39, 0.29) is 0 Å². The molecule has 0 aromatic rings. The summed E-state index contributed by atoms with van der Waals surface area (Å²) < 4.78 is 0. The second-order valence-corrected chi connectivity index (χ2v) is 4.53. The van der Waals surface area contributed by atoms with Crippen LogP contribution in [0.25, 0.3) is 0 Å². The predicted molar refractivity (Wildman–Crippen MR) is 64.5 cm³/mol. The third-order valence-corrected chi connectivity index (χ3v) is 2.85. The van der Waals surface area contributed by atoms with E-state index < -0.39 is 0 Å². The maximum atomic E-state index is 5.73. The average Bonchev–Trinajstić information content (AvgIpc) is 2.15. The fourth-order valence-electron chi connectivity index (χ4n) is 1.59. The molecule has 2 heteroatoms. The molecule has 14 heavy (non-hydrogen) atoms. The Bertz CT molecular complexity index is 123. The molecular weight excluding hydrogens is 172 g/mol. The van der Waals surface area contributed by atoms with Crippen molar-refractivity contribution in [2.45, 2.75) is 53.0 Å². The van der Waals surface area contributed by atoms with E-state index in [1.807, 2.05) is 0 Å². The highest BCUT2D eigenvalue weighted by Gasteiger charge is 2.06. The van der Waals surface area contributed by atoms with Gasteiger partial charge in [0.05, 0.1) is 0 Å². The van der Waals surface area contributed by atoms with Crippen LogP contribution in [0, 0.1) is 5.92 Å². The molecule has 0 aromatic heterocycles. The van der Waals surface area contributed by atoms with Gasteiger partial charge in [-0.15, -0.1) is 0 Å². The molecule has 2 atom stereocenters. The molecular formula is C12H28N2. The zero-order chi connectivity index (χ0) is 11.0. The maximum absolute atomic E-state index is 5.73. The van der Waals surface area contributed by atoms with Crippen molar-refractivity contribution >= 4 is 0 Å². The van der Waals surface area contributed by atoms with E-state index >= 15 is 0 Å². The van der Waals surface area contributed by atoms with Gasteiger partial charge in [-0.1, -0.05) is 27.2 Å². The number of hydrogen-bond donors (Lipinski definition) is 1. The maximum Gasteiger partial charge on any atom is 0.00109 e. The van der Waals surface area contributed by atoms with Crippen LogP contribution in [0.5, 0.6) is 0 Å². The highest BCUT2D eigenvalue weighted by atomic mass is 15.1. The number of hydrogen-bond acceptors (Lipinski definition) is 2. The first kappa shape index (κ1) is 13.9. The number of rotatable bonds is 8. The van der Waals surface area contributed by atoms with Crippen molar-refractivity contribution in [1.29, 1.82) is 0 Å². The molecule has 0 fully saturated rings. The normalized spacial score (nSPS) is 15.9. The highest BCUT2D eigenvalue weighted by Crippen LogP contribution is 2.05. The topological polar surface area (TPSA) is 29.3 Å². The smallest absolute Gasteiger partial charge is 0.00109 e. The van der Waals surface area contributed by atoms with Gasteiger partial charge in [-0.25, -0.2) is 0 Å². The van der Waals surface area contributed by atoms with Crippen molar-refractivity contribution < 1.29 is 0 Å². The average molecular weight is 200 g/mol. The minimum absolute atomic E-state index is 0.359. The van der Waals surface area contributed by atoms with E-state index in [2.05, 4.69) is 32.6 Å². The van der Waals surface area contributed by atoms with E-state index in [4.69, 9.17) is 5.73 Å². The van der Waals surface area contributed by atoms with Crippen LogP contribution < -0.4 is 5.73 Å². The lowest BCUT2D eigenvalue weighted by molar-refractivity contribution is 0.240. The van der Waals surface area contributed by atoms with Crippen molar-refractivity contribution in [2.75, 3.05) is 19.6 Å². The summed E-state index contributed by atoms with van der Waals surface area (Å²) in [5.74, 6) is 0.824. The molecule has 2 N–H and O–H groups in total. The van der Waals surface area contributed by atoms with Crippen LogP contribution in [0.3, 0.4) is 0 Å². The van der Waals surface area contributed by atoms with Crippen LogP contribution in [-0.2, 0) is 0 Å². The molecule has 0 aliphatic heterocycles. The Morgan fingerprint density at radius 1 is 1.21 bits per heavy atom. The number of nitrogens with two attached hydrogens (primary N) is 1. The van der Waals surface area contributed by atoms with Gasteiger partial charge in [0, 0.05) is 12.6 Å². The van der Waals surface area contributed by atoms with Gasteiger partial charge in [0.2, 0.25) is 0 Å². The quantitative estimate of drug-likeness (QED) is 0.652. The minimum atomic E-state index is 0.359. The van der Waals surface area contributed by atoms with Crippen LogP contribution >= 0.6 is 0 Å². The minimum Gasteiger partial charge on any atom is -0.328 e. The van der Waals surface area contributed by atoms with Gasteiger partial charge < -0.3 is 10.6 Å². The highest BCUT2D eigenvalue weighted by molar-refractivity contribution is 4.62. The summed E-state index contributed by atoms with van der Waals surface area (Å²) in [5, 5.41) is 0. The first-order valence-corrected chi connectivity index (χ1v) is 6.08. The number of nitrogens with zero attached hydrogens (tertiary/aromatic N) is 1. The summed E-state index contributed by atoms with van der Waals surface area (Å²) >= 11 is 0. The Hall–Kier alpha value is -0.0800. The monoisotopic (exact) mass is 200 g/mol. The Labute approximate surface area is 89.9 Å². The van der Waals surface area contributed by atoms with Crippen molar-refractivity contribution in [3.63, 3.8) is 0 Å². The molecule has 0 saturated heterocycles. The second kappa shape index (κ2) is 8.25. The molecule has 0 rings (SSSR count). The van der Waals surface area contributed by atoms with Gasteiger partial charge in [0.25, 0.3) is 0 Å². The molecule has 0 saturated carbocycles. The fourth-order valence-corrected chi connectivity index (χ4v) is 1.59. The summed E-state index contributed by atoms with van der Waals surface area (Å²) in [5.41, 5.74) is 5.73. The molecule has 0 bridgehead atoms. The molecule has 0 aromatic carbocycles. The zero-order valence-electron chi connectivity index (χ0n) is 10.4. The van der Waals surface area contributed by atoms with Crippen LogP contribution in [0.1, 0.15) is 47.0 Å². The summed E-state index contributed by atoms with van der Waals surface area (Å²) in [6.07, 6.45) is 3.67. The third kappa shape index (κ3) is 7.34. The van der Waals surface area contributed by atoms with Crippen molar-refractivity contribution in [2.24, 2.45) is 11.7 Å². The molecule has 0 heterocycles. The van der Waals surface area contributed by atoms with Gasteiger partial charge in [0.15, 0.2) is 0 Å². The first-order chi connectivity index (χ1) is 6.60. The van der Waals surface area contributed by atoms with Crippen LogP contribution in [0.2, 0.25) is 0 Å². The van der Waals surface area contributed by atoms with Gasteiger partial charge in [-0.05, 0) is 38.8 Å². The molecule has 0 spiro atoms. The van der Waals surface area contributed by atoms with Gasteiger partial charge in [-0.2, -0.15) is 0 Å². The lowest BCUT2D eigenvalue weighted by atomic mass is 10.1. The molecule has 0 aliphatic carbocycles. The van der Waals surface area contributed by atoms with Crippen LogP contribution in [-0.4, -0.2) is 30.6 Å². The summed E-state index contributed by atoms with van der Waals surface area (Å²) in [6, 6.07) is 0.359. The molecule has 0 aliphatic rings. The largest absolute Gasteiger partial charge is 0.328 e. The summed E-state index contributed by atoms with van der Waals surface area (Å²) in [6.45, 7) is 12.5.